The topological polar surface area (TPSA) is 187 Å². The predicted molar refractivity (Wildman–Crippen MR) is 394 cm³/mol. The summed E-state index contributed by atoms with van der Waals surface area (Å²) in [5.41, 5.74) is 14.9. The number of nitrogens with one attached hydrogen (secondary N) is 6. The minimum atomic E-state index is -0.320. The molecule has 0 radical (unpaired) electrons. The summed E-state index contributed by atoms with van der Waals surface area (Å²) in [6, 6.07) is 33.7. The normalized spacial score (nSPS) is 13.5. The Morgan fingerprint density at radius 3 is 1.10 bits per heavy atom. The number of amides is 4. The van der Waals surface area contributed by atoms with Crippen molar-refractivity contribution in [2.75, 3.05) is 77.6 Å². The SMILES string of the molecule is C=C(C(=O)Nc1ccc(C2=C(Br)c3nc2c(-c2ccc(NC(=O)C(=C)C(C)N(C)C)cc2)c2[nH]c(cc4nc(cc5[nH]c(c3Br)c(Br)c5Br)C=C4)c(-c3ccc(NC(=O)C(=C)C(C)N(C)C)cc3)c2-c2ccc(NC(=O)C(=C)C(C)N(C)C)cc2)cc1)C(C)N(C)C. The number of fused-ring (bicyclic) bond motifs is 8. The molecule has 0 saturated heterocycles. The van der Waals surface area contributed by atoms with Crippen molar-refractivity contribution in [1.29, 1.82) is 0 Å². The number of halogens is 4. The van der Waals surface area contributed by atoms with E-state index in [1.165, 1.54) is 0 Å². The summed E-state index contributed by atoms with van der Waals surface area (Å²) < 4.78 is 2.75. The molecule has 5 heterocycles. The minimum Gasteiger partial charge on any atom is -0.354 e. The molecule has 4 unspecified atom stereocenters. The Bertz CT molecular complexity index is 4390. The molecule has 92 heavy (non-hydrogen) atoms. The van der Waals surface area contributed by atoms with E-state index in [9.17, 15) is 19.2 Å². The first kappa shape index (κ1) is 68.4. The van der Waals surface area contributed by atoms with E-state index in [-0.39, 0.29) is 47.8 Å². The molecule has 9 rings (SSSR count). The largest absolute Gasteiger partial charge is 0.354 e. The Labute approximate surface area is 571 Å². The smallest absolute Gasteiger partial charge is 0.252 e. The number of likely N-dealkylation sites (N-methyl/N-ethyl adjacent to an activating group) is 4. The molecule has 0 spiro atoms. The lowest BCUT2D eigenvalue weighted by Gasteiger charge is -2.21. The fourth-order valence-electron chi connectivity index (χ4n) is 10.3. The summed E-state index contributed by atoms with van der Waals surface area (Å²) in [6.07, 6.45) is 3.91. The summed E-state index contributed by atoms with van der Waals surface area (Å²) >= 11 is 15.9. The van der Waals surface area contributed by atoms with Crippen LogP contribution in [0, 0.1) is 0 Å². The highest BCUT2D eigenvalue weighted by Crippen LogP contribution is 2.50. The summed E-state index contributed by atoms with van der Waals surface area (Å²) in [5.74, 6) is -1.24. The highest BCUT2D eigenvalue weighted by molar-refractivity contribution is 9.15. The van der Waals surface area contributed by atoms with Crippen LogP contribution in [0.1, 0.15) is 56.0 Å². The lowest BCUT2D eigenvalue weighted by Crippen LogP contribution is -2.32. The lowest BCUT2D eigenvalue weighted by molar-refractivity contribution is -0.114. The van der Waals surface area contributed by atoms with Crippen LogP contribution in [0.2, 0.25) is 0 Å². The number of benzene rings is 4. The molecule has 0 saturated carbocycles. The molecular weight excluding hydrogens is 1420 g/mol. The van der Waals surface area contributed by atoms with Gasteiger partial charge in [-0.25, -0.2) is 9.97 Å². The molecular formula is C72H74Br4N12O4. The number of H-pyrrole nitrogens is 2. The summed E-state index contributed by atoms with van der Waals surface area (Å²) in [6.45, 7) is 24.2. The molecule has 2 aliphatic heterocycles. The second-order valence-electron chi connectivity index (χ2n) is 23.8. The van der Waals surface area contributed by atoms with Crippen molar-refractivity contribution in [3.8, 4) is 33.4 Å². The fourth-order valence-corrected chi connectivity index (χ4v) is 13.0. The third kappa shape index (κ3) is 14.5. The van der Waals surface area contributed by atoms with Crippen LogP contribution in [0.3, 0.4) is 0 Å². The number of nitrogens with zero attached hydrogens (tertiary/aromatic N) is 6. The zero-order chi connectivity index (χ0) is 66.9. The molecule has 20 heteroatoms. The van der Waals surface area contributed by atoms with Gasteiger partial charge < -0.3 is 50.8 Å². The van der Waals surface area contributed by atoms with Crippen molar-refractivity contribution in [3.63, 3.8) is 0 Å². The van der Waals surface area contributed by atoms with Crippen LogP contribution < -0.4 is 21.3 Å². The highest BCUT2D eigenvalue weighted by atomic mass is 79.9. The van der Waals surface area contributed by atoms with Crippen LogP contribution >= 0.6 is 63.7 Å². The maximum Gasteiger partial charge on any atom is 0.252 e. The Hall–Kier alpha value is -7.92. The Balaban J connectivity index is 1.40. The van der Waals surface area contributed by atoms with Crippen LogP contribution in [0.15, 0.2) is 171 Å². The van der Waals surface area contributed by atoms with E-state index in [1.54, 1.807) is 0 Å². The molecule has 4 amide bonds. The van der Waals surface area contributed by atoms with Crippen LogP contribution in [0.4, 0.5) is 22.7 Å². The molecule has 3 aromatic heterocycles. The van der Waals surface area contributed by atoms with Crippen molar-refractivity contribution in [1.82, 2.24) is 39.5 Å². The molecule has 6 N–H and O–H groups in total. The zero-order valence-electron chi connectivity index (χ0n) is 53.5. The number of carbonyl (C=O) groups is 4. The Morgan fingerprint density at radius 1 is 0.402 bits per heavy atom. The van der Waals surface area contributed by atoms with Crippen LogP contribution in [-0.4, -0.2) is 144 Å². The standard InChI is InChI=1S/C72H74Br4N12O4/c1-37(41(5)85(9)10)69(89)78-49-25-17-45(18-26-49)57-55-35-53-33-34-54(77-53)36-56-61(73)63(75)68(83-56)64(76)67-62(74)59(47-21-29-51(30-22-47)80-71(91)39(3)43(7)87(13)14)66(84-67)60(48-23-31-52(32-24-48)81-72(92)40(4)44(8)88(15)16)65(82-55)58(57)46-19-27-50(28-20-46)79-70(90)38(2)42(6)86(11)12/h17-36,41-44,82-83H,1-4H2,5-16H3,(H,78,89)(H,79,90)(H,80,91)(H,81,92). The van der Waals surface area contributed by atoms with Gasteiger partial charge in [-0.15, -0.1) is 0 Å². The number of rotatable bonds is 20. The molecule has 16 nitrogen and oxygen atoms in total. The lowest BCUT2D eigenvalue weighted by atomic mass is 9.90. The number of hydrogen-bond donors (Lipinski definition) is 6. The third-order valence-corrected chi connectivity index (χ3v) is 20.7. The van der Waals surface area contributed by atoms with Gasteiger partial charge in [-0.2, -0.15) is 0 Å². The van der Waals surface area contributed by atoms with Gasteiger partial charge in [-0.05, 0) is 243 Å². The maximum atomic E-state index is 13.8. The number of aromatic amines is 2. The van der Waals surface area contributed by atoms with Gasteiger partial charge in [0.15, 0.2) is 0 Å². The summed E-state index contributed by atoms with van der Waals surface area (Å²) in [7, 11) is 15.2. The van der Waals surface area contributed by atoms with Gasteiger partial charge in [0.2, 0.25) is 0 Å². The van der Waals surface area contributed by atoms with Crippen molar-refractivity contribution in [2.24, 2.45) is 0 Å². The molecule has 4 aromatic carbocycles. The van der Waals surface area contributed by atoms with Crippen molar-refractivity contribution in [2.45, 2.75) is 51.9 Å². The first-order chi connectivity index (χ1) is 43.5. The zero-order valence-corrected chi connectivity index (χ0v) is 59.9. The highest BCUT2D eigenvalue weighted by Gasteiger charge is 2.31. The van der Waals surface area contributed by atoms with Gasteiger partial charge in [0.05, 0.1) is 57.2 Å². The second kappa shape index (κ2) is 28.5. The van der Waals surface area contributed by atoms with Gasteiger partial charge in [-0.1, -0.05) is 74.8 Å². The average Bonchev–Trinajstić information content (AvgIpc) is 1.57. The number of anilines is 4. The Kier molecular flexibility index (Phi) is 21.2. The number of carbonyl (C=O) groups excluding carboxylic acids is 4. The van der Waals surface area contributed by atoms with Gasteiger partial charge in [0.1, 0.15) is 0 Å². The number of hydrogen-bond acceptors (Lipinski definition) is 10. The van der Waals surface area contributed by atoms with Crippen LogP contribution in [0.5, 0.6) is 0 Å². The third-order valence-electron chi connectivity index (χ3n) is 17.0. The first-order valence-corrected chi connectivity index (χ1v) is 32.7. The minimum absolute atomic E-state index is 0.208. The molecule has 7 aromatic rings. The summed E-state index contributed by atoms with van der Waals surface area (Å²) in [5, 5.41) is 12.3. The van der Waals surface area contributed by atoms with Crippen molar-refractivity contribution >= 4 is 154 Å². The fraction of sp³-hybridized carbons (Fsp3) is 0.222. The first-order valence-electron chi connectivity index (χ1n) is 29.6. The molecule has 0 aliphatic carbocycles. The van der Waals surface area contributed by atoms with E-state index >= 15 is 0 Å². The summed E-state index contributed by atoms with van der Waals surface area (Å²) in [4.78, 5) is 81.1. The quantitative estimate of drug-likeness (QED) is 0.0401. The molecule has 0 fully saturated rings. The van der Waals surface area contributed by atoms with Crippen molar-refractivity contribution in [3.05, 3.63) is 200 Å². The number of aromatic nitrogens is 4. The van der Waals surface area contributed by atoms with Gasteiger partial charge >= 0.3 is 0 Å². The average molecular weight is 1490 g/mol. The van der Waals surface area contributed by atoms with E-state index in [1.807, 2.05) is 225 Å². The predicted octanol–water partition coefficient (Wildman–Crippen LogP) is 15.9. The monoisotopic (exact) mass is 1490 g/mol. The van der Waals surface area contributed by atoms with E-state index in [0.717, 1.165) is 42.3 Å². The van der Waals surface area contributed by atoms with Crippen LogP contribution in [0.25, 0.3) is 77.7 Å². The second-order valence-corrected chi connectivity index (χ2v) is 26.9. The molecule has 8 bridgehead atoms. The van der Waals surface area contributed by atoms with E-state index in [2.05, 4.69) is 121 Å². The van der Waals surface area contributed by atoms with Gasteiger partial charge in [0.25, 0.3) is 23.6 Å². The van der Waals surface area contributed by atoms with E-state index < -0.39 is 0 Å². The van der Waals surface area contributed by atoms with Gasteiger partial charge in [0, 0.05) is 97.0 Å². The van der Waals surface area contributed by atoms with Crippen LogP contribution in [-0.2, 0) is 19.2 Å². The Morgan fingerprint density at radius 2 is 0.728 bits per heavy atom. The van der Waals surface area contributed by atoms with Gasteiger partial charge in [-0.3, -0.25) is 19.2 Å². The molecule has 4 atom stereocenters. The maximum absolute atomic E-state index is 13.8. The van der Waals surface area contributed by atoms with E-state index in [0.29, 0.717) is 110 Å². The van der Waals surface area contributed by atoms with Crippen molar-refractivity contribution < 1.29 is 19.2 Å². The van der Waals surface area contributed by atoms with E-state index in [4.69, 9.17) is 9.97 Å². The molecule has 474 valence electrons. The molecule has 2 aliphatic rings.